The Kier molecular flexibility index (Phi) is 4.60. The fourth-order valence-electron chi connectivity index (χ4n) is 3.25. The van der Waals surface area contributed by atoms with Crippen molar-refractivity contribution in [3.05, 3.63) is 90.1 Å². The molecule has 0 aliphatic rings. The molecule has 0 saturated heterocycles. The standard InChI is InChI=1S/C22H18N2O4S/c1-28-21-14-16(11-12-18(21)23)22(25)20-13-15-7-5-6-10-19(15)24(20)29(26,27)17-8-3-2-4-9-17/h2-14H,23H2,1H3. The number of ether oxygens (including phenoxy) is 1. The van der Waals surface area contributed by atoms with Crippen LogP contribution in [-0.4, -0.2) is 25.3 Å². The molecule has 0 spiro atoms. The highest BCUT2D eigenvalue weighted by Gasteiger charge is 2.27. The van der Waals surface area contributed by atoms with E-state index in [1.54, 1.807) is 60.7 Å². The van der Waals surface area contributed by atoms with Crippen molar-refractivity contribution in [3.63, 3.8) is 0 Å². The fourth-order valence-corrected chi connectivity index (χ4v) is 4.78. The second-order valence-electron chi connectivity index (χ2n) is 6.46. The first-order valence-electron chi connectivity index (χ1n) is 8.83. The van der Waals surface area contributed by atoms with Crippen molar-refractivity contribution in [1.82, 2.24) is 3.97 Å². The average molecular weight is 406 g/mol. The number of para-hydroxylation sites is 1. The number of nitrogen functional groups attached to an aromatic ring is 1. The summed E-state index contributed by atoms with van der Waals surface area (Å²) in [6.45, 7) is 0. The molecule has 0 aliphatic carbocycles. The zero-order valence-electron chi connectivity index (χ0n) is 15.6. The topological polar surface area (TPSA) is 91.4 Å². The number of methoxy groups -OCH3 is 1. The molecule has 4 aromatic rings. The summed E-state index contributed by atoms with van der Waals surface area (Å²) in [4.78, 5) is 13.4. The number of hydrogen-bond donors (Lipinski definition) is 1. The molecule has 29 heavy (non-hydrogen) atoms. The van der Waals surface area contributed by atoms with Gasteiger partial charge in [0.25, 0.3) is 10.0 Å². The van der Waals surface area contributed by atoms with Gasteiger partial charge in [-0.3, -0.25) is 4.79 Å². The average Bonchev–Trinajstić information content (AvgIpc) is 3.14. The molecule has 7 heteroatoms. The molecule has 2 N–H and O–H groups in total. The molecule has 0 unspecified atom stereocenters. The van der Waals surface area contributed by atoms with Crippen LogP contribution in [0.3, 0.4) is 0 Å². The fraction of sp³-hybridized carbons (Fsp3) is 0.0455. The van der Waals surface area contributed by atoms with Crippen molar-refractivity contribution in [2.75, 3.05) is 12.8 Å². The Morgan fingerprint density at radius 3 is 2.34 bits per heavy atom. The third-order valence-electron chi connectivity index (χ3n) is 4.68. The van der Waals surface area contributed by atoms with E-state index in [0.717, 1.165) is 3.97 Å². The summed E-state index contributed by atoms with van der Waals surface area (Å²) >= 11 is 0. The van der Waals surface area contributed by atoms with E-state index in [1.807, 2.05) is 0 Å². The molecule has 0 saturated carbocycles. The first-order valence-corrected chi connectivity index (χ1v) is 10.3. The summed E-state index contributed by atoms with van der Waals surface area (Å²) in [5.41, 5.74) is 6.98. The minimum Gasteiger partial charge on any atom is -0.495 e. The number of aromatic nitrogens is 1. The van der Waals surface area contributed by atoms with E-state index in [1.165, 1.54) is 25.3 Å². The Hall–Kier alpha value is -3.58. The Balaban J connectivity index is 1.97. The van der Waals surface area contributed by atoms with Crippen LogP contribution in [-0.2, 0) is 10.0 Å². The number of anilines is 1. The predicted molar refractivity (Wildman–Crippen MR) is 112 cm³/mol. The largest absolute Gasteiger partial charge is 0.495 e. The van der Waals surface area contributed by atoms with Crippen molar-refractivity contribution < 1.29 is 17.9 Å². The van der Waals surface area contributed by atoms with Gasteiger partial charge in [-0.1, -0.05) is 36.4 Å². The maximum Gasteiger partial charge on any atom is 0.268 e. The van der Waals surface area contributed by atoms with Crippen molar-refractivity contribution in [2.45, 2.75) is 4.90 Å². The SMILES string of the molecule is COc1cc(C(=O)c2cc3ccccc3n2S(=O)(=O)c2ccccc2)ccc1N. The minimum atomic E-state index is -3.99. The van der Waals surface area contributed by atoms with E-state index in [-0.39, 0.29) is 16.2 Å². The van der Waals surface area contributed by atoms with Gasteiger partial charge in [0.05, 0.1) is 23.2 Å². The van der Waals surface area contributed by atoms with Gasteiger partial charge in [-0.15, -0.1) is 0 Å². The van der Waals surface area contributed by atoms with Gasteiger partial charge in [-0.25, -0.2) is 12.4 Å². The van der Waals surface area contributed by atoms with E-state index >= 15 is 0 Å². The molecule has 4 rings (SSSR count). The first-order chi connectivity index (χ1) is 13.9. The van der Waals surface area contributed by atoms with E-state index in [0.29, 0.717) is 22.3 Å². The lowest BCUT2D eigenvalue weighted by atomic mass is 10.1. The number of carbonyl (C=O) groups excluding carboxylic acids is 1. The van der Waals surface area contributed by atoms with E-state index in [4.69, 9.17) is 10.5 Å². The van der Waals surface area contributed by atoms with Gasteiger partial charge in [0, 0.05) is 10.9 Å². The molecule has 0 atom stereocenters. The maximum atomic E-state index is 13.4. The minimum absolute atomic E-state index is 0.0434. The number of carbonyl (C=O) groups is 1. The van der Waals surface area contributed by atoms with Crippen molar-refractivity contribution in [3.8, 4) is 5.75 Å². The number of nitrogens with zero attached hydrogens (tertiary/aromatic N) is 1. The van der Waals surface area contributed by atoms with E-state index in [2.05, 4.69) is 0 Å². The van der Waals surface area contributed by atoms with Gasteiger partial charge in [0.1, 0.15) is 11.4 Å². The van der Waals surface area contributed by atoms with Gasteiger partial charge in [0.15, 0.2) is 0 Å². The molecular weight excluding hydrogens is 388 g/mol. The summed E-state index contributed by atoms with van der Waals surface area (Å²) in [6.07, 6.45) is 0. The van der Waals surface area contributed by atoms with Gasteiger partial charge in [0.2, 0.25) is 5.78 Å². The van der Waals surface area contributed by atoms with Crippen molar-refractivity contribution >= 4 is 32.4 Å². The smallest absolute Gasteiger partial charge is 0.268 e. The summed E-state index contributed by atoms with van der Waals surface area (Å²) < 4.78 is 33.1. The van der Waals surface area contributed by atoms with Crippen LogP contribution in [0.4, 0.5) is 5.69 Å². The van der Waals surface area contributed by atoms with Crippen LogP contribution in [0, 0.1) is 0 Å². The zero-order valence-corrected chi connectivity index (χ0v) is 16.4. The highest BCUT2D eigenvalue weighted by atomic mass is 32.2. The van der Waals surface area contributed by atoms with Crippen LogP contribution < -0.4 is 10.5 Å². The number of hydrogen-bond acceptors (Lipinski definition) is 5. The molecule has 0 amide bonds. The third kappa shape index (κ3) is 3.15. The van der Waals surface area contributed by atoms with Crippen LogP contribution in [0.15, 0.2) is 83.8 Å². The molecule has 146 valence electrons. The molecule has 0 bridgehead atoms. The summed E-state index contributed by atoms with van der Waals surface area (Å²) in [5, 5.41) is 0.651. The molecule has 0 aliphatic heterocycles. The molecule has 0 fully saturated rings. The Morgan fingerprint density at radius 1 is 0.931 bits per heavy atom. The van der Waals surface area contributed by atoms with Crippen LogP contribution in [0.5, 0.6) is 5.75 Å². The lowest BCUT2D eigenvalue weighted by molar-refractivity contribution is 0.103. The van der Waals surface area contributed by atoms with Gasteiger partial charge in [-0.05, 0) is 42.5 Å². The van der Waals surface area contributed by atoms with Crippen LogP contribution >= 0.6 is 0 Å². The van der Waals surface area contributed by atoms with Crippen molar-refractivity contribution in [2.24, 2.45) is 0 Å². The molecule has 3 aromatic carbocycles. The third-order valence-corrected chi connectivity index (χ3v) is 6.42. The normalized spacial score (nSPS) is 11.5. The van der Waals surface area contributed by atoms with Crippen molar-refractivity contribution in [1.29, 1.82) is 0 Å². The van der Waals surface area contributed by atoms with Crippen LogP contribution in [0.1, 0.15) is 16.1 Å². The molecular formula is C22H18N2O4S. The van der Waals surface area contributed by atoms with Gasteiger partial charge >= 0.3 is 0 Å². The quantitative estimate of drug-likeness (QED) is 0.403. The Morgan fingerprint density at radius 2 is 1.62 bits per heavy atom. The lowest BCUT2D eigenvalue weighted by Gasteiger charge is -2.12. The molecule has 1 aromatic heterocycles. The number of fused-ring (bicyclic) bond motifs is 1. The number of benzene rings is 3. The monoisotopic (exact) mass is 406 g/mol. The van der Waals surface area contributed by atoms with Crippen LogP contribution in [0.25, 0.3) is 10.9 Å². The number of ketones is 1. The molecule has 1 heterocycles. The highest BCUT2D eigenvalue weighted by Crippen LogP contribution is 2.29. The molecule has 6 nitrogen and oxygen atoms in total. The second kappa shape index (κ2) is 7.10. The highest BCUT2D eigenvalue weighted by molar-refractivity contribution is 7.90. The predicted octanol–water partition coefficient (Wildman–Crippen LogP) is 3.70. The van der Waals surface area contributed by atoms with E-state index in [9.17, 15) is 13.2 Å². The summed E-state index contributed by atoms with van der Waals surface area (Å²) in [7, 11) is -2.53. The summed E-state index contributed by atoms with van der Waals surface area (Å²) in [6, 6.07) is 21.2. The Labute approximate surface area is 168 Å². The lowest BCUT2D eigenvalue weighted by Crippen LogP contribution is -2.19. The second-order valence-corrected chi connectivity index (χ2v) is 8.24. The molecule has 0 radical (unpaired) electrons. The van der Waals surface area contributed by atoms with Gasteiger partial charge < -0.3 is 10.5 Å². The zero-order chi connectivity index (χ0) is 20.6. The first kappa shape index (κ1) is 18.8. The number of rotatable bonds is 5. The van der Waals surface area contributed by atoms with Crippen LogP contribution in [0.2, 0.25) is 0 Å². The van der Waals surface area contributed by atoms with Gasteiger partial charge in [-0.2, -0.15) is 0 Å². The Bertz CT molecular complexity index is 1330. The summed E-state index contributed by atoms with van der Waals surface area (Å²) in [5.74, 6) is -0.0940. The maximum absolute atomic E-state index is 13.4. The van der Waals surface area contributed by atoms with E-state index < -0.39 is 15.8 Å². The number of nitrogens with two attached hydrogens (primary N) is 1.